The van der Waals surface area contributed by atoms with Crippen molar-refractivity contribution in [2.24, 2.45) is 5.41 Å². The van der Waals surface area contributed by atoms with Crippen molar-refractivity contribution in [1.29, 1.82) is 5.26 Å². The Morgan fingerprint density at radius 3 is 2.40 bits per heavy atom. The summed E-state index contributed by atoms with van der Waals surface area (Å²) in [6, 6.07) is 1.99. The van der Waals surface area contributed by atoms with Crippen LogP contribution in [0.25, 0.3) is 0 Å². The van der Waals surface area contributed by atoms with E-state index in [1.54, 1.807) is 0 Å². The first-order valence-corrected chi connectivity index (χ1v) is 3.25. The lowest BCUT2D eigenvalue weighted by Crippen LogP contribution is -2.37. The third-order valence-electron chi connectivity index (χ3n) is 2.00. The minimum absolute atomic E-state index is 0.374. The average Bonchev–Trinajstić information content (AvgIpc) is 1.86. The smallest absolute Gasteiger partial charge is 0.326 e. The van der Waals surface area contributed by atoms with Crippen LogP contribution >= 0.6 is 0 Å². The molecule has 0 aliphatic heterocycles. The lowest BCUT2D eigenvalue weighted by atomic mass is 9.70. The van der Waals surface area contributed by atoms with E-state index in [1.807, 2.05) is 6.07 Å². The van der Waals surface area contributed by atoms with Gasteiger partial charge in [-0.2, -0.15) is 5.26 Å². The summed E-state index contributed by atoms with van der Waals surface area (Å²) in [5.74, 6) is -0.374. The summed E-state index contributed by atoms with van der Waals surface area (Å²) in [4.78, 5) is 10.9. The SMILES string of the molecule is COC(=O)C1(C#N)CCC1. The van der Waals surface area contributed by atoms with E-state index in [1.165, 1.54) is 7.11 Å². The quantitative estimate of drug-likeness (QED) is 0.506. The topological polar surface area (TPSA) is 50.1 Å². The number of hydrogen-bond donors (Lipinski definition) is 0. The minimum atomic E-state index is -0.783. The van der Waals surface area contributed by atoms with Gasteiger partial charge in [0.15, 0.2) is 5.41 Å². The summed E-state index contributed by atoms with van der Waals surface area (Å²) in [6.45, 7) is 0. The Kier molecular flexibility index (Phi) is 1.62. The summed E-state index contributed by atoms with van der Waals surface area (Å²) >= 11 is 0. The highest BCUT2D eigenvalue weighted by atomic mass is 16.5. The number of hydrogen-bond acceptors (Lipinski definition) is 3. The van der Waals surface area contributed by atoms with E-state index in [2.05, 4.69) is 4.74 Å². The summed E-state index contributed by atoms with van der Waals surface area (Å²) < 4.78 is 4.49. The number of nitrogens with zero attached hydrogens (tertiary/aromatic N) is 1. The van der Waals surface area contributed by atoms with Crippen LogP contribution in [0.2, 0.25) is 0 Å². The molecule has 1 aliphatic carbocycles. The van der Waals surface area contributed by atoms with Crippen molar-refractivity contribution in [3.8, 4) is 6.07 Å². The number of methoxy groups -OCH3 is 1. The van der Waals surface area contributed by atoms with E-state index in [-0.39, 0.29) is 5.97 Å². The van der Waals surface area contributed by atoms with Crippen LogP contribution in [-0.2, 0) is 9.53 Å². The van der Waals surface area contributed by atoms with Gasteiger partial charge in [-0.3, -0.25) is 4.79 Å². The highest BCUT2D eigenvalue weighted by Crippen LogP contribution is 2.40. The normalized spacial score (nSPS) is 20.4. The molecule has 10 heavy (non-hydrogen) atoms. The second-order valence-corrected chi connectivity index (χ2v) is 2.54. The Bertz CT molecular complexity index is 188. The van der Waals surface area contributed by atoms with Crippen LogP contribution in [0.1, 0.15) is 19.3 Å². The van der Waals surface area contributed by atoms with Crippen molar-refractivity contribution in [1.82, 2.24) is 0 Å². The lowest BCUT2D eigenvalue weighted by Gasteiger charge is -2.31. The van der Waals surface area contributed by atoms with E-state index in [0.29, 0.717) is 12.8 Å². The Morgan fingerprint density at radius 2 is 2.30 bits per heavy atom. The maximum Gasteiger partial charge on any atom is 0.326 e. The zero-order valence-corrected chi connectivity index (χ0v) is 5.89. The van der Waals surface area contributed by atoms with Gasteiger partial charge in [0.25, 0.3) is 0 Å². The fourth-order valence-corrected chi connectivity index (χ4v) is 1.09. The number of esters is 1. The van der Waals surface area contributed by atoms with E-state index >= 15 is 0 Å². The molecule has 0 N–H and O–H groups in total. The van der Waals surface area contributed by atoms with Crippen LogP contribution in [0.3, 0.4) is 0 Å². The van der Waals surface area contributed by atoms with E-state index in [0.717, 1.165) is 6.42 Å². The molecule has 3 heteroatoms. The van der Waals surface area contributed by atoms with Gasteiger partial charge < -0.3 is 4.74 Å². The zero-order chi connectivity index (χ0) is 7.61. The predicted molar refractivity (Wildman–Crippen MR) is 33.9 cm³/mol. The van der Waals surface area contributed by atoms with Gasteiger partial charge in [-0.15, -0.1) is 0 Å². The number of carbonyl (C=O) groups is 1. The first-order valence-electron chi connectivity index (χ1n) is 3.25. The van der Waals surface area contributed by atoms with Gasteiger partial charge in [-0.05, 0) is 19.3 Å². The molecule has 1 fully saturated rings. The molecule has 0 saturated heterocycles. The second kappa shape index (κ2) is 2.30. The Labute approximate surface area is 59.6 Å². The first-order chi connectivity index (χ1) is 4.75. The summed E-state index contributed by atoms with van der Waals surface area (Å²) in [5.41, 5.74) is -0.783. The molecule has 54 valence electrons. The molecule has 0 bridgehead atoms. The van der Waals surface area contributed by atoms with Gasteiger partial charge in [0, 0.05) is 0 Å². The maximum atomic E-state index is 10.9. The highest BCUT2D eigenvalue weighted by molar-refractivity contribution is 5.80. The second-order valence-electron chi connectivity index (χ2n) is 2.54. The molecular weight excluding hydrogens is 130 g/mol. The molecule has 1 aliphatic rings. The van der Waals surface area contributed by atoms with Crippen LogP contribution in [0.15, 0.2) is 0 Å². The van der Waals surface area contributed by atoms with Crippen LogP contribution in [0, 0.1) is 16.7 Å². The van der Waals surface area contributed by atoms with Gasteiger partial charge in [0.1, 0.15) is 0 Å². The fourth-order valence-electron chi connectivity index (χ4n) is 1.09. The molecule has 0 amide bonds. The summed E-state index contributed by atoms with van der Waals surface area (Å²) in [5, 5.41) is 8.59. The standard InChI is InChI=1S/C7H9NO2/c1-10-6(9)7(5-8)3-2-4-7/h2-4H2,1H3. The molecule has 1 rings (SSSR count). The lowest BCUT2D eigenvalue weighted by molar-refractivity contribution is -0.153. The Morgan fingerprint density at radius 1 is 1.70 bits per heavy atom. The molecule has 0 aromatic carbocycles. The van der Waals surface area contributed by atoms with Crippen LogP contribution in [0.5, 0.6) is 0 Å². The largest absolute Gasteiger partial charge is 0.468 e. The molecule has 0 heterocycles. The summed E-state index contributed by atoms with van der Waals surface area (Å²) in [7, 11) is 1.32. The molecule has 1 saturated carbocycles. The molecular formula is C7H9NO2. The van der Waals surface area contributed by atoms with E-state index < -0.39 is 5.41 Å². The van der Waals surface area contributed by atoms with Gasteiger partial charge in [0.05, 0.1) is 13.2 Å². The molecule has 0 aromatic heterocycles. The third kappa shape index (κ3) is 0.766. The number of ether oxygens (including phenoxy) is 1. The van der Waals surface area contributed by atoms with Crippen LogP contribution in [-0.4, -0.2) is 13.1 Å². The van der Waals surface area contributed by atoms with Gasteiger partial charge in [-0.1, -0.05) is 0 Å². The molecule has 0 aromatic rings. The Hall–Kier alpha value is -1.04. The summed E-state index contributed by atoms with van der Waals surface area (Å²) in [6.07, 6.45) is 2.29. The first kappa shape index (κ1) is 7.07. The number of nitriles is 1. The van der Waals surface area contributed by atoms with Crippen LogP contribution in [0.4, 0.5) is 0 Å². The van der Waals surface area contributed by atoms with E-state index in [9.17, 15) is 4.79 Å². The van der Waals surface area contributed by atoms with Crippen molar-refractivity contribution in [2.45, 2.75) is 19.3 Å². The monoisotopic (exact) mass is 139 g/mol. The molecule has 3 nitrogen and oxygen atoms in total. The molecule has 0 unspecified atom stereocenters. The molecule has 0 atom stereocenters. The van der Waals surface area contributed by atoms with Gasteiger partial charge in [-0.25, -0.2) is 0 Å². The van der Waals surface area contributed by atoms with Crippen LogP contribution < -0.4 is 0 Å². The zero-order valence-electron chi connectivity index (χ0n) is 5.89. The van der Waals surface area contributed by atoms with E-state index in [4.69, 9.17) is 5.26 Å². The van der Waals surface area contributed by atoms with Crippen molar-refractivity contribution >= 4 is 5.97 Å². The van der Waals surface area contributed by atoms with Crippen molar-refractivity contribution in [3.63, 3.8) is 0 Å². The van der Waals surface area contributed by atoms with Gasteiger partial charge in [0.2, 0.25) is 0 Å². The van der Waals surface area contributed by atoms with Crippen molar-refractivity contribution in [2.75, 3.05) is 7.11 Å². The molecule has 0 radical (unpaired) electrons. The third-order valence-corrected chi connectivity index (χ3v) is 2.00. The predicted octanol–water partition coefficient (Wildman–Crippen LogP) is 0.853. The fraction of sp³-hybridized carbons (Fsp3) is 0.714. The van der Waals surface area contributed by atoms with Gasteiger partial charge >= 0.3 is 5.97 Å². The van der Waals surface area contributed by atoms with Crippen molar-refractivity contribution in [3.05, 3.63) is 0 Å². The minimum Gasteiger partial charge on any atom is -0.468 e. The number of rotatable bonds is 1. The Balaban J connectivity index is 2.67. The number of carbonyl (C=O) groups excluding carboxylic acids is 1. The molecule has 0 spiro atoms. The maximum absolute atomic E-state index is 10.9. The average molecular weight is 139 g/mol. The van der Waals surface area contributed by atoms with Crippen molar-refractivity contribution < 1.29 is 9.53 Å². The highest BCUT2D eigenvalue weighted by Gasteiger charge is 2.45.